The van der Waals surface area contributed by atoms with Crippen LogP contribution in [0.3, 0.4) is 0 Å². The summed E-state index contributed by atoms with van der Waals surface area (Å²) in [6, 6.07) is 23.6. The molecular formula is C23H20N4O. The Bertz CT molecular complexity index is 1080. The van der Waals surface area contributed by atoms with Gasteiger partial charge in [-0.25, -0.2) is 4.98 Å². The van der Waals surface area contributed by atoms with Crippen molar-refractivity contribution in [3.8, 4) is 5.75 Å². The first kappa shape index (κ1) is 17.7. The zero-order chi connectivity index (χ0) is 19.3. The molecule has 0 aliphatic carbocycles. The van der Waals surface area contributed by atoms with Crippen LogP contribution in [-0.2, 0) is 0 Å². The fourth-order valence-electron chi connectivity index (χ4n) is 3.04. The molecule has 1 N–H and O–H groups in total. The molecule has 0 spiro atoms. The molecule has 2 aromatic heterocycles. The number of hydrazone groups is 1. The van der Waals surface area contributed by atoms with Crippen molar-refractivity contribution in [3.05, 3.63) is 95.8 Å². The van der Waals surface area contributed by atoms with Crippen LogP contribution in [0.5, 0.6) is 5.75 Å². The minimum atomic E-state index is 0.680. The van der Waals surface area contributed by atoms with Crippen LogP contribution in [0.2, 0.25) is 0 Å². The first-order valence-electron chi connectivity index (χ1n) is 9.00. The topological polar surface area (TPSA) is 59.4 Å². The maximum atomic E-state index is 5.31. The van der Waals surface area contributed by atoms with Gasteiger partial charge in [0.2, 0.25) is 0 Å². The highest BCUT2D eigenvalue weighted by atomic mass is 16.5. The number of benzene rings is 2. The molecule has 0 unspecified atom stereocenters. The van der Waals surface area contributed by atoms with E-state index in [1.54, 1.807) is 13.3 Å². The summed E-state index contributed by atoms with van der Waals surface area (Å²) >= 11 is 0. The quantitative estimate of drug-likeness (QED) is 0.406. The predicted molar refractivity (Wildman–Crippen MR) is 113 cm³/mol. The van der Waals surface area contributed by atoms with Gasteiger partial charge in [0, 0.05) is 17.1 Å². The minimum Gasteiger partial charge on any atom is -0.497 e. The maximum absolute atomic E-state index is 5.31. The standard InChI is InChI=1S/C23H20N4O/c1-16-14-22(25-20-12-11-18(28-2)15-19(16)20)26-27-23(17-8-4-3-5-9-17)21-10-6-7-13-24-21/h3-15H,1-2H3,(H,25,26). The second-order valence-electron chi connectivity index (χ2n) is 6.36. The number of hydrogen-bond acceptors (Lipinski definition) is 5. The SMILES string of the molecule is COc1ccc2nc(NN=C(c3ccccc3)c3ccccn3)cc(C)c2c1. The third kappa shape index (κ3) is 3.69. The fraction of sp³-hybridized carbons (Fsp3) is 0.0870. The second-order valence-corrected chi connectivity index (χ2v) is 6.36. The molecule has 138 valence electrons. The summed E-state index contributed by atoms with van der Waals surface area (Å²) in [6.07, 6.45) is 1.76. The highest BCUT2D eigenvalue weighted by Crippen LogP contribution is 2.24. The average molecular weight is 368 g/mol. The molecule has 0 radical (unpaired) electrons. The van der Waals surface area contributed by atoms with Gasteiger partial charge in [0.25, 0.3) is 0 Å². The van der Waals surface area contributed by atoms with E-state index in [0.29, 0.717) is 5.82 Å². The van der Waals surface area contributed by atoms with Crippen molar-refractivity contribution in [2.45, 2.75) is 6.92 Å². The number of rotatable bonds is 5. The normalized spacial score (nSPS) is 11.4. The molecule has 2 heterocycles. The summed E-state index contributed by atoms with van der Waals surface area (Å²) in [5, 5.41) is 5.69. The van der Waals surface area contributed by atoms with Crippen LogP contribution in [0, 0.1) is 6.92 Å². The van der Waals surface area contributed by atoms with Gasteiger partial charge in [-0.05, 0) is 48.9 Å². The summed E-state index contributed by atoms with van der Waals surface area (Å²) in [4.78, 5) is 9.13. The lowest BCUT2D eigenvalue weighted by Gasteiger charge is -2.10. The third-order valence-corrected chi connectivity index (χ3v) is 4.46. The number of methoxy groups -OCH3 is 1. The molecule has 4 aromatic rings. The number of fused-ring (bicyclic) bond motifs is 1. The van der Waals surface area contributed by atoms with Crippen LogP contribution in [0.4, 0.5) is 5.82 Å². The van der Waals surface area contributed by atoms with E-state index in [4.69, 9.17) is 4.74 Å². The molecule has 28 heavy (non-hydrogen) atoms. The molecule has 0 atom stereocenters. The summed E-state index contributed by atoms with van der Waals surface area (Å²) in [5.41, 5.74) is 7.63. The Kier molecular flexibility index (Phi) is 4.97. The van der Waals surface area contributed by atoms with E-state index in [2.05, 4.69) is 27.4 Å². The first-order chi connectivity index (χ1) is 13.7. The van der Waals surface area contributed by atoms with Crippen molar-refractivity contribution >= 4 is 22.4 Å². The molecule has 0 bridgehead atoms. The van der Waals surface area contributed by atoms with E-state index < -0.39 is 0 Å². The lowest BCUT2D eigenvalue weighted by atomic mass is 10.1. The molecule has 0 saturated heterocycles. The van der Waals surface area contributed by atoms with Crippen LogP contribution in [-0.4, -0.2) is 22.8 Å². The summed E-state index contributed by atoms with van der Waals surface area (Å²) in [6.45, 7) is 2.05. The molecule has 0 aliphatic rings. The number of anilines is 1. The van der Waals surface area contributed by atoms with Crippen molar-refractivity contribution in [1.29, 1.82) is 0 Å². The van der Waals surface area contributed by atoms with Gasteiger partial charge in [-0.15, -0.1) is 0 Å². The van der Waals surface area contributed by atoms with Gasteiger partial charge < -0.3 is 4.74 Å². The Morgan fingerprint density at radius 2 is 1.79 bits per heavy atom. The van der Waals surface area contributed by atoms with Gasteiger partial charge >= 0.3 is 0 Å². The highest BCUT2D eigenvalue weighted by Gasteiger charge is 2.09. The number of hydrogen-bond donors (Lipinski definition) is 1. The van der Waals surface area contributed by atoms with E-state index in [0.717, 1.165) is 39.2 Å². The van der Waals surface area contributed by atoms with Crippen molar-refractivity contribution in [2.75, 3.05) is 12.5 Å². The Morgan fingerprint density at radius 3 is 2.54 bits per heavy atom. The van der Waals surface area contributed by atoms with Gasteiger partial charge in [-0.2, -0.15) is 5.10 Å². The Balaban J connectivity index is 1.72. The molecule has 0 amide bonds. The molecule has 5 heteroatoms. The highest BCUT2D eigenvalue weighted by molar-refractivity contribution is 6.11. The monoisotopic (exact) mass is 368 g/mol. The van der Waals surface area contributed by atoms with Crippen molar-refractivity contribution in [2.24, 2.45) is 5.10 Å². The van der Waals surface area contributed by atoms with Crippen LogP contribution in [0.1, 0.15) is 16.8 Å². The lowest BCUT2D eigenvalue weighted by Crippen LogP contribution is -2.09. The Morgan fingerprint density at radius 1 is 0.964 bits per heavy atom. The van der Waals surface area contributed by atoms with Crippen LogP contribution in [0.25, 0.3) is 10.9 Å². The predicted octanol–water partition coefficient (Wildman–Crippen LogP) is 4.81. The van der Waals surface area contributed by atoms with Crippen molar-refractivity contribution in [3.63, 3.8) is 0 Å². The maximum Gasteiger partial charge on any atom is 0.147 e. The van der Waals surface area contributed by atoms with Crippen molar-refractivity contribution in [1.82, 2.24) is 9.97 Å². The molecule has 4 rings (SSSR count). The second kappa shape index (κ2) is 7.88. The number of nitrogens with zero attached hydrogens (tertiary/aromatic N) is 3. The summed E-state index contributed by atoms with van der Waals surface area (Å²) in [7, 11) is 1.66. The Labute approximate surface area is 163 Å². The van der Waals surface area contributed by atoms with Gasteiger partial charge in [0.15, 0.2) is 0 Å². The van der Waals surface area contributed by atoms with E-state index >= 15 is 0 Å². The van der Waals surface area contributed by atoms with Crippen LogP contribution >= 0.6 is 0 Å². The number of pyridine rings is 2. The Hall–Kier alpha value is -3.73. The summed E-state index contributed by atoms with van der Waals surface area (Å²) < 4.78 is 5.31. The zero-order valence-corrected chi connectivity index (χ0v) is 15.8. The van der Waals surface area contributed by atoms with E-state index in [-0.39, 0.29) is 0 Å². The smallest absolute Gasteiger partial charge is 0.147 e. The number of ether oxygens (including phenoxy) is 1. The number of nitrogens with one attached hydrogen (secondary N) is 1. The van der Waals surface area contributed by atoms with E-state index in [1.165, 1.54) is 0 Å². The zero-order valence-electron chi connectivity index (χ0n) is 15.8. The van der Waals surface area contributed by atoms with Gasteiger partial charge in [-0.3, -0.25) is 10.4 Å². The lowest BCUT2D eigenvalue weighted by molar-refractivity contribution is 0.415. The molecule has 0 saturated carbocycles. The number of aryl methyl sites for hydroxylation is 1. The molecule has 0 aliphatic heterocycles. The average Bonchev–Trinajstić information content (AvgIpc) is 2.75. The summed E-state index contributed by atoms with van der Waals surface area (Å²) in [5.74, 6) is 1.50. The number of aromatic nitrogens is 2. The van der Waals surface area contributed by atoms with Crippen LogP contribution in [0.15, 0.2) is 84.1 Å². The van der Waals surface area contributed by atoms with Gasteiger partial charge in [-0.1, -0.05) is 36.4 Å². The van der Waals surface area contributed by atoms with Crippen molar-refractivity contribution < 1.29 is 4.74 Å². The van der Waals surface area contributed by atoms with Crippen LogP contribution < -0.4 is 10.2 Å². The molecule has 0 fully saturated rings. The third-order valence-electron chi connectivity index (χ3n) is 4.46. The first-order valence-corrected chi connectivity index (χ1v) is 9.00. The van der Waals surface area contributed by atoms with E-state index in [9.17, 15) is 0 Å². The fourth-order valence-corrected chi connectivity index (χ4v) is 3.04. The molecule has 2 aromatic carbocycles. The van der Waals surface area contributed by atoms with E-state index in [1.807, 2.05) is 72.8 Å². The van der Waals surface area contributed by atoms with Gasteiger partial charge in [0.05, 0.1) is 18.3 Å². The largest absolute Gasteiger partial charge is 0.497 e. The minimum absolute atomic E-state index is 0.680. The molecular weight excluding hydrogens is 348 g/mol. The molecule has 5 nitrogen and oxygen atoms in total. The van der Waals surface area contributed by atoms with Gasteiger partial charge in [0.1, 0.15) is 17.3 Å².